The van der Waals surface area contributed by atoms with Gasteiger partial charge in [0, 0.05) is 17.8 Å². The molecule has 2 aromatic rings. The number of aromatic nitrogens is 2. The lowest BCUT2D eigenvalue weighted by molar-refractivity contribution is -0.140. The van der Waals surface area contributed by atoms with E-state index in [0.29, 0.717) is 24.0 Å². The molecule has 5 nitrogen and oxygen atoms in total. The van der Waals surface area contributed by atoms with Gasteiger partial charge in [-0.15, -0.1) is 0 Å². The van der Waals surface area contributed by atoms with Gasteiger partial charge in [0.2, 0.25) is 0 Å². The van der Waals surface area contributed by atoms with E-state index in [-0.39, 0.29) is 18.5 Å². The zero-order valence-electron chi connectivity index (χ0n) is 13.7. The van der Waals surface area contributed by atoms with Gasteiger partial charge in [0.1, 0.15) is 5.82 Å². The molecule has 1 aliphatic heterocycles. The second-order valence-electron chi connectivity index (χ2n) is 6.20. The van der Waals surface area contributed by atoms with Crippen molar-refractivity contribution in [3.05, 3.63) is 41.2 Å². The van der Waals surface area contributed by atoms with Gasteiger partial charge in [0.25, 0.3) is 10.1 Å². The van der Waals surface area contributed by atoms with Gasteiger partial charge in [-0.3, -0.25) is 4.18 Å². The number of nitrogens with zero attached hydrogens (tertiary/aromatic N) is 2. The van der Waals surface area contributed by atoms with Gasteiger partial charge in [-0.2, -0.15) is 21.6 Å². The number of hydrogen-bond acceptors (Lipinski definition) is 4. The largest absolute Gasteiger partial charge is 0.434 e. The summed E-state index contributed by atoms with van der Waals surface area (Å²) >= 11 is 0. The number of hydrogen-bond donors (Lipinski definition) is 0. The fraction of sp³-hybridized carbons (Fsp3) is 0.438. The standard InChI is InChI=1S/C16H17F3N2O3S/c1-10-3-5-12-7-11(9-24-25(2,22)23)4-6-13(12)15-20-14(8-21(10)15)16(17,18)19/h4,6-8,10H,3,5,9H2,1-2H3. The van der Waals surface area contributed by atoms with Gasteiger partial charge in [-0.1, -0.05) is 18.2 Å². The van der Waals surface area contributed by atoms with Gasteiger partial charge in [0.05, 0.1) is 12.9 Å². The summed E-state index contributed by atoms with van der Waals surface area (Å²) in [4.78, 5) is 3.80. The van der Waals surface area contributed by atoms with Crippen LogP contribution in [0.15, 0.2) is 24.4 Å². The molecule has 0 bridgehead atoms. The maximum absolute atomic E-state index is 13.0. The smallest absolute Gasteiger partial charge is 0.328 e. The van der Waals surface area contributed by atoms with Crippen molar-refractivity contribution in [3.8, 4) is 11.4 Å². The number of imidazole rings is 1. The van der Waals surface area contributed by atoms with Crippen LogP contribution in [-0.2, 0) is 33.5 Å². The number of rotatable bonds is 3. The molecule has 0 radical (unpaired) electrons. The van der Waals surface area contributed by atoms with E-state index >= 15 is 0 Å². The van der Waals surface area contributed by atoms with Crippen molar-refractivity contribution < 1.29 is 25.8 Å². The first kappa shape index (κ1) is 17.9. The molecule has 2 heterocycles. The minimum atomic E-state index is -4.50. The minimum absolute atomic E-state index is 0.107. The van der Waals surface area contributed by atoms with Crippen LogP contribution in [0.4, 0.5) is 13.2 Å². The molecule has 1 aliphatic rings. The number of alkyl halides is 3. The molecule has 3 rings (SSSR count). The molecule has 0 spiro atoms. The lowest BCUT2D eigenvalue weighted by Crippen LogP contribution is -2.06. The summed E-state index contributed by atoms with van der Waals surface area (Å²) in [7, 11) is -3.56. The van der Waals surface area contributed by atoms with Crippen molar-refractivity contribution in [1.82, 2.24) is 9.55 Å². The second-order valence-corrected chi connectivity index (χ2v) is 7.84. The van der Waals surface area contributed by atoms with E-state index < -0.39 is 22.0 Å². The summed E-state index contributed by atoms with van der Waals surface area (Å²) < 4.78 is 67.6. The number of aryl methyl sites for hydroxylation is 1. The molecular weight excluding hydrogens is 357 g/mol. The van der Waals surface area contributed by atoms with E-state index in [4.69, 9.17) is 4.18 Å². The van der Waals surface area contributed by atoms with Crippen LogP contribution in [0.2, 0.25) is 0 Å². The Morgan fingerprint density at radius 1 is 1.36 bits per heavy atom. The maximum atomic E-state index is 13.0. The summed E-state index contributed by atoms with van der Waals surface area (Å²) in [6, 6.07) is 4.96. The Balaban J connectivity index is 2.01. The molecule has 1 atom stereocenters. The highest BCUT2D eigenvalue weighted by Gasteiger charge is 2.36. The van der Waals surface area contributed by atoms with Crippen LogP contribution in [0, 0.1) is 0 Å². The quantitative estimate of drug-likeness (QED) is 0.771. The molecule has 1 aromatic carbocycles. The average Bonchev–Trinajstić information content (AvgIpc) is 2.90. The van der Waals surface area contributed by atoms with Crippen molar-refractivity contribution in [2.75, 3.05) is 6.26 Å². The summed E-state index contributed by atoms with van der Waals surface area (Å²) in [6.07, 6.45) is -1.16. The first-order valence-corrected chi connectivity index (χ1v) is 9.49. The molecule has 25 heavy (non-hydrogen) atoms. The minimum Gasteiger partial charge on any atom is -0.328 e. The van der Waals surface area contributed by atoms with E-state index in [9.17, 15) is 21.6 Å². The van der Waals surface area contributed by atoms with Crippen LogP contribution in [0.5, 0.6) is 0 Å². The highest BCUT2D eigenvalue weighted by atomic mass is 32.2. The van der Waals surface area contributed by atoms with Crippen LogP contribution in [0.3, 0.4) is 0 Å². The van der Waals surface area contributed by atoms with Crippen LogP contribution < -0.4 is 0 Å². The first-order chi connectivity index (χ1) is 11.5. The van der Waals surface area contributed by atoms with E-state index in [1.807, 2.05) is 6.92 Å². The molecule has 1 aromatic heterocycles. The Hall–Kier alpha value is -1.87. The highest BCUT2D eigenvalue weighted by Crippen LogP contribution is 2.37. The summed E-state index contributed by atoms with van der Waals surface area (Å²) in [5, 5.41) is 0. The lowest BCUT2D eigenvalue weighted by Gasteiger charge is -2.11. The Kier molecular flexibility index (Phi) is 4.40. The fourth-order valence-corrected chi connectivity index (χ4v) is 3.26. The molecule has 0 aliphatic carbocycles. The van der Waals surface area contributed by atoms with E-state index in [0.717, 1.165) is 18.0 Å². The third-order valence-corrected chi connectivity index (χ3v) is 4.73. The van der Waals surface area contributed by atoms with E-state index in [2.05, 4.69) is 4.98 Å². The molecule has 136 valence electrons. The van der Waals surface area contributed by atoms with Crippen molar-refractivity contribution in [2.45, 2.75) is 38.6 Å². The molecule has 0 fully saturated rings. The SMILES string of the molecule is CC1CCc2cc(COS(C)(=O)=O)ccc2-c2nc(C(F)(F)F)cn21. The van der Waals surface area contributed by atoms with E-state index in [1.165, 1.54) is 0 Å². The Labute approximate surface area is 143 Å². The normalized spacial score (nSPS) is 17.7. The molecule has 9 heteroatoms. The van der Waals surface area contributed by atoms with Gasteiger partial charge in [0.15, 0.2) is 5.69 Å². The van der Waals surface area contributed by atoms with Crippen LogP contribution in [-0.4, -0.2) is 24.2 Å². The molecule has 1 unspecified atom stereocenters. The Morgan fingerprint density at radius 2 is 2.08 bits per heavy atom. The van der Waals surface area contributed by atoms with Gasteiger partial charge in [-0.25, -0.2) is 4.98 Å². The highest BCUT2D eigenvalue weighted by molar-refractivity contribution is 7.85. The van der Waals surface area contributed by atoms with Crippen LogP contribution in [0.25, 0.3) is 11.4 Å². The summed E-state index contributed by atoms with van der Waals surface area (Å²) in [6.45, 7) is 1.74. The second kappa shape index (κ2) is 6.14. The predicted octanol–water partition coefficient (Wildman–Crippen LogP) is 3.55. The van der Waals surface area contributed by atoms with Crippen molar-refractivity contribution in [1.29, 1.82) is 0 Å². The monoisotopic (exact) mass is 374 g/mol. The van der Waals surface area contributed by atoms with Crippen molar-refractivity contribution >= 4 is 10.1 Å². The third-order valence-electron chi connectivity index (χ3n) is 4.18. The Bertz CT molecular complexity index is 904. The van der Waals surface area contributed by atoms with Gasteiger partial charge >= 0.3 is 6.18 Å². The average molecular weight is 374 g/mol. The van der Waals surface area contributed by atoms with Gasteiger partial charge in [-0.05, 0) is 30.9 Å². The zero-order valence-corrected chi connectivity index (χ0v) is 14.5. The fourth-order valence-electron chi connectivity index (χ4n) is 2.91. The Morgan fingerprint density at radius 3 is 2.72 bits per heavy atom. The molecule has 0 amide bonds. The predicted molar refractivity (Wildman–Crippen MR) is 85.3 cm³/mol. The lowest BCUT2D eigenvalue weighted by atomic mass is 10.00. The van der Waals surface area contributed by atoms with Crippen LogP contribution in [0.1, 0.15) is 36.2 Å². The van der Waals surface area contributed by atoms with Crippen molar-refractivity contribution in [2.24, 2.45) is 0 Å². The van der Waals surface area contributed by atoms with Crippen molar-refractivity contribution in [3.63, 3.8) is 0 Å². The molecule has 0 saturated carbocycles. The number of benzene rings is 1. The topological polar surface area (TPSA) is 61.2 Å². The number of halogens is 3. The number of fused-ring (bicyclic) bond motifs is 3. The molecular formula is C16H17F3N2O3S. The molecule has 0 N–H and O–H groups in total. The summed E-state index contributed by atoms with van der Waals surface area (Å²) in [5.41, 5.74) is 1.20. The third kappa shape index (κ3) is 3.87. The summed E-state index contributed by atoms with van der Waals surface area (Å²) in [5.74, 6) is 0.280. The first-order valence-electron chi connectivity index (χ1n) is 7.67. The van der Waals surface area contributed by atoms with Crippen LogP contribution >= 0.6 is 0 Å². The molecule has 0 saturated heterocycles. The van der Waals surface area contributed by atoms with E-state index in [1.54, 1.807) is 22.8 Å². The zero-order chi connectivity index (χ0) is 18.4. The maximum Gasteiger partial charge on any atom is 0.434 e. The van der Waals surface area contributed by atoms with Gasteiger partial charge < -0.3 is 4.57 Å².